The highest BCUT2D eigenvalue weighted by atomic mass is 79.9. The van der Waals surface area contributed by atoms with Gasteiger partial charge in [0.05, 0.1) is 0 Å². The van der Waals surface area contributed by atoms with Crippen molar-refractivity contribution in [2.45, 2.75) is 57.8 Å². The van der Waals surface area contributed by atoms with Crippen LogP contribution < -0.4 is 5.32 Å². The molecular weight excluding hydrogens is 650 g/mol. The van der Waals surface area contributed by atoms with Crippen LogP contribution in [0.15, 0.2) is 112 Å². The monoisotopic (exact) mass is 683 g/mol. The largest absolute Gasteiger partial charge is 0.329 e. The van der Waals surface area contributed by atoms with E-state index in [1.807, 2.05) is 31.2 Å². The third-order valence-corrected chi connectivity index (χ3v) is 9.02. The molecule has 0 heterocycles. The Hall–Kier alpha value is -3.28. The average Bonchev–Trinajstić information content (AvgIpc) is 3.01. The quantitative estimate of drug-likeness (QED) is 0.220. The van der Waals surface area contributed by atoms with Gasteiger partial charge in [-0.15, -0.1) is 0 Å². The van der Waals surface area contributed by atoms with Crippen LogP contribution in [0.2, 0.25) is 0 Å². The van der Waals surface area contributed by atoms with E-state index in [0.717, 1.165) is 46.7 Å². The van der Waals surface area contributed by atoms with E-state index in [-0.39, 0.29) is 11.8 Å². The number of ketones is 1. The number of halogens is 2. The first-order valence-electron chi connectivity index (χ1n) is 14.6. The summed E-state index contributed by atoms with van der Waals surface area (Å²) in [6, 6.07) is 33.5. The van der Waals surface area contributed by atoms with Gasteiger partial charge in [-0.1, -0.05) is 112 Å². The third kappa shape index (κ3) is 7.56. The van der Waals surface area contributed by atoms with Crippen molar-refractivity contribution >= 4 is 49.1 Å². The van der Waals surface area contributed by atoms with Gasteiger partial charge >= 0.3 is 0 Å². The van der Waals surface area contributed by atoms with Gasteiger partial charge in [0.25, 0.3) is 0 Å². The van der Waals surface area contributed by atoms with Gasteiger partial charge in [0, 0.05) is 33.4 Å². The maximum absolute atomic E-state index is 12.3. The molecule has 0 radical (unpaired) electrons. The second-order valence-electron chi connectivity index (χ2n) is 10.9. The van der Waals surface area contributed by atoms with E-state index in [4.69, 9.17) is 0 Å². The normalized spacial score (nSPS) is 15.7. The fourth-order valence-electron chi connectivity index (χ4n) is 5.81. The Morgan fingerprint density at radius 2 is 1.38 bits per heavy atom. The third-order valence-electron chi connectivity index (χ3n) is 8.04. The Labute approximate surface area is 265 Å². The molecule has 3 nitrogen and oxygen atoms in total. The molecule has 0 fully saturated rings. The van der Waals surface area contributed by atoms with Gasteiger partial charge in [0.2, 0.25) is 5.91 Å². The lowest BCUT2D eigenvalue weighted by molar-refractivity contribution is -0.121. The first-order valence-corrected chi connectivity index (χ1v) is 16.2. The van der Waals surface area contributed by atoms with Crippen molar-refractivity contribution in [1.29, 1.82) is 0 Å². The zero-order valence-electron chi connectivity index (χ0n) is 23.8. The van der Waals surface area contributed by atoms with E-state index >= 15 is 0 Å². The molecule has 6 rings (SSSR count). The number of nitrogens with one attached hydrogen (secondary N) is 1. The Balaban J connectivity index is 0.000000171. The van der Waals surface area contributed by atoms with E-state index in [9.17, 15) is 9.59 Å². The number of carbonyl (C=O) groups is 2. The number of rotatable bonds is 6. The minimum Gasteiger partial charge on any atom is -0.329 e. The summed E-state index contributed by atoms with van der Waals surface area (Å²) in [5.74, 6) is 0.474. The van der Waals surface area contributed by atoms with Crippen molar-refractivity contribution in [3.8, 4) is 0 Å². The predicted octanol–water partition coefficient (Wildman–Crippen LogP) is 9.17. The van der Waals surface area contributed by atoms with Gasteiger partial charge in [-0.2, -0.15) is 0 Å². The number of hydrogen-bond acceptors (Lipinski definition) is 2. The van der Waals surface area contributed by atoms with Crippen molar-refractivity contribution < 1.29 is 9.59 Å². The number of aryl methyl sites for hydroxylation is 2. The molecule has 1 amide bonds. The summed E-state index contributed by atoms with van der Waals surface area (Å²) in [4.78, 5) is 24.2. The second-order valence-corrected chi connectivity index (χ2v) is 12.7. The van der Waals surface area contributed by atoms with Crippen LogP contribution in [0.4, 0.5) is 0 Å². The van der Waals surface area contributed by atoms with Crippen molar-refractivity contribution in [2.24, 2.45) is 0 Å². The Kier molecular flexibility index (Phi) is 10.2. The van der Waals surface area contributed by atoms with Crippen molar-refractivity contribution in [1.82, 2.24) is 5.32 Å². The van der Waals surface area contributed by atoms with Crippen LogP contribution in [-0.2, 0) is 35.3 Å². The minimum atomic E-state index is 0.0173. The summed E-state index contributed by atoms with van der Waals surface area (Å²) in [6.07, 6.45) is 5.57. The van der Waals surface area contributed by atoms with Crippen LogP contribution in [0.3, 0.4) is 0 Å². The number of Topliss-reactive ketones (excluding diaryl/α,β-unsaturated/α-hetero) is 1. The van der Waals surface area contributed by atoms with E-state index in [1.165, 1.54) is 39.0 Å². The molecular formula is C37H35Br2NO2. The summed E-state index contributed by atoms with van der Waals surface area (Å²) in [5.41, 5.74) is 9.94. The van der Waals surface area contributed by atoms with E-state index in [1.54, 1.807) is 0 Å². The highest BCUT2D eigenvalue weighted by Crippen LogP contribution is 2.35. The van der Waals surface area contributed by atoms with E-state index < -0.39 is 0 Å². The zero-order valence-corrected chi connectivity index (χ0v) is 27.0. The molecule has 1 N–H and O–H groups in total. The fourth-order valence-corrected chi connectivity index (χ4v) is 6.55. The second kappa shape index (κ2) is 14.3. The molecule has 0 spiro atoms. The summed E-state index contributed by atoms with van der Waals surface area (Å²) >= 11 is 7.09. The molecule has 42 heavy (non-hydrogen) atoms. The topological polar surface area (TPSA) is 46.2 Å². The molecule has 2 aliphatic rings. The number of fused-ring (bicyclic) bond motifs is 2. The van der Waals surface area contributed by atoms with Crippen LogP contribution in [0.1, 0.15) is 65.5 Å². The van der Waals surface area contributed by atoms with E-state index in [0.29, 0.717) is 18.6 Å². The number of amides is 1. The van der Waals surface area contributed by atoms with Gasteiger partial charge in [-0.25, -0.2) is 0 Å². The van der Waals surface area contributed by atoms with Crippen LogP contribution in [-0.4, -0.2) is 11.7 Å². The van der Waals surface area contributed by atoms with Crippen molar-refractivity contribution in [2.75, 3.05) is 0 Å². The summed E-state index contributed by atoms with van der Waals surface area (Å²) in [5, 5.41) is 3.12. The average molecular weight is 686 g/mol. The molecule has 4 aromatic carbocycles. The van der Waals surface area contributed by atoms with Gasteiger partial charge in [-0.05, 0) is 95.3 Å². The summed E-state index contributed by atoms with van der Waals surface area (Å²) in [6.45, 7) is 1.89. The first kappa shape index (κ1) is 30.2. The number of benzene rings is 4. The summed E-state index contributed by atoms with van der Waals surface area (Å²) < 4.78 is 2.13. The molecule has 0 aliphatic heterocycles. The molecule has 2 aliphatic carbocycles. The Morgan fingerprint density at radius 1 is 0.762 bits per heavy atom. The standard InChI is InChI=1S/C20H20BrNO.C17H15BrO/c1-2-20(23)22-19-11-9-15-8-10-16(21)13-17(15)18(19)12-14-6-4-3-5-7-14;18-14-8-6-13-7-9-17(19)16(15(13)11-14)10-12-4-2-1-3-5-12/h3-8,10,13H,2,9,11-12H2,1H3,(H,22,23);1-6,8,11,16H,7,9-10H2. The number of allylic oxidation sites excluding steroid dienone is 2. The maximum atomic E-state index is 12.3. The fraction of sp³-hybridized carbons (Fsp3) is 0.243. The molecule has 0 saturated carbocycles. The Morgan fingerprint density at radius 3 is 2.07 bits per heavy atom. The molecule has 0 saturated heterocycles. The SMILES string of the molecule is CCC(=O)NC1=C(Cc2ccccc2)c2cc(Br)ccc2CC1.O=C1CCc2ccc(Br)cc2C1Cc1ccccc1. The van der Waals surface area contributed by atoms with E-state index in [2.05, 4.69) is 110 Å². The zero-order chi connectivity index (χ0) is 29.5. The molecule has 214 valence electrons. The number of carbonyl (C=O) groups excluding carboxylic acids is 2. The van der Waals surface area contributed by atoms with Crippen molar-refractivity contribution in [3.63, 3.8) is 0 Å². The molecule has 1 unspecified atom stereocenters. The van der Waals surface area contributed by atoms with Gasteiger partial charge in [-0.3, -0.25) is 9.59 Å². The molecule has 4 aromatic rings. The van der Waals surface area contributed by atoms with Gasteiger partial charge in [0.15, 0.2) is 0 Å². The Bertz CT molecular complexity index is 1600. The van der Waals surface area contributed by atoms with Crippen LogP contribution in [0.25, 0.3) is 5.57 Å². The van der Waals surface area contributed by atoms with Crippen LogP contribution >= 0.6 is 31.9 Å². The minimum absolute atomic E-state index is 0.0173. The smallest absolute Gasteiger partial charge is 0.223 e. The lowest BCUT2D eigenvalue weighted by Gasteiger charge is -2.24. The number of hydrogen-bond donors (Lipinski definition) is 1. The van der Waals surface area contributed by atoms with Crippen LogP contribution in [0.5, 0.6) is 0 Å². The molecule has 1 atom stereocenters. The highest BCUT2D eigenvalue weighted by molar-refractivity contribution is 9.10. The van der Waals surface area contributed by atoms with Gasteiger partial charge in [0.1, 0.15) is 5.78 Å². The van der Waals surface area contributed by atoms with Crippen molar-refractivity contribution in [3.05, 3.63) is 145 Å². The predicted molar refractivity (Wildman–Crippen MR) is 178 cm³/mol. The summed E-state index contributed by atoms with van der Waals surface area (Å²) in [7, 11) is 0. The molecule has 0 aromatic heterocycles. The lowest BCUT2D eigenvalue weighted by Crippen LogP contribution is -2.25. The highest BCUT2D eigenvalue weighted by Gasteiger charge is 2.27. The maximum Gasteiger partial charge on any atom is 0.223 e. The molecule has 0 bridgehead atoms. The van der Waals surface area contributed by atoms with Gasteiger partial charge < -0.3 is 5.32 Å². The lowest BCUT2D eigenvalue weighted by atomic mass is 9.79. The molecule has 5 heteroatoms. The van der Waals surface area contributed by atoms with Crippen LogP contribution in [0, 0.1) is 0 Å². The first-order chi connectivity index (χ1) is 20.4.